The zero-order valence-electron chi connectivity index (χ0n) is 12.3. The summed E-state index contributed by atoms with van der Waals surface area (Å²) in [5.41, 5.74) is 10.6. The number of alkyl halides is 6. The zero-order valence-corrected chi connectivity index (χ0v) is 12.3. The first-order valence-electron chi connectivity index (χ1n) is 6.28. The molecule has 0 radical (unpaired) electrons. The number of aliphatic imine (C=N–C) groups is 1. The molecule has 0 saturated heterocycles. The van der Waals surface area contributed by atoms with E-state index < -0.39 is 46.4 Å². The van der Waals surface area contributed by atoms with Crippen molar-refractivity contribution >= 4 is 17.2 Å². The lowest BCUT2D eigenvalue weighted by Gasteiger charge is -2.12. The standard InChI is InChI=1S/C13H12F6N6/c14-12(15,16)7-5-24-2-1-9(7)25-10(22)3-8(21)6(4-20)11(23)13(17,18)19/h1-5,23H,20-21H2,(H2,22,24,25)/b6-4?,8-3-,23-11?. The number of nitrogens with zero attached hydrogens (tertiary/aromatic N) is 2. The molecule has 1 rings (SSSR count). The number of hydrogen-bond donors (Lipinski definition) is 4. The van der Waals surface area contributed by atoms with Gasteiger partial charge in [0.05, 0.1) is 11.3 Å². The Hall–Kier alpha value is -3.05. The van der Waals surface area contributed by atoms with Crippen LogP contribution in [0.4, 0.5) is 32.0 Å². The Bertz CT molecular complexity index is 744. The van der Waals surface area contributed by atoms with Crippen LogP contribution in [0.25, 0.3) is 0 Å². The third-order valence-corrected chi connectivity index (χ3v) is 2.69. The van der Waals surface area contributed by atoms with Gasteiger partial charge in [-0.2, -0.15) is 26.3 Å². The molecule has 6 nitrogen and oxygen atoms in total. The van der Waals surface area contributed by atoms with Crippen LogP contribution >= 0.6 is 0 Å². The summed E-state index contributed by atoms with van der Waals surface area (Å²) < 4.78 is 76.0. The minimum absolute atomic E-state index is 0.433. The van der Waals surface area contributed by atoms with Gasteiger partial charge in [0.1, 0.15) is 11.5 Å². The number of allylic oxidation sites excluding steroid dienone is 1. The molecule has 1 aromatic heterocycles. The average molecular weight is 366 g/mol. The number of halogens is 6. The Morgan fingerprint density at radius 1 is 1.16 bits per heavy atom. The first kappa shape index (κ1) is 20.0. The fourth-order valence-electron chi connectivity index (χ4n) is 1.59. The van der Waals surface area contributed by atoms with Crippen molar-refractivity contribution in [1.29, 1.82) is 5.41 Å². The van der Waals surface area contributed by atoms with Gasteiger partial charge in [-0.25, -0.2) is 4.99 Å². The molecular formula is C13H12F6N6. The summed E-state index contributed by atoms with van der Waals surface area (Å²) in [7, 11) is 0. The Morgan fingerprint density at radius 2 is 1.76 bits per heavy atom. The van der Waals surface area contributed by atoms with Gasteiger partial charge in [-0.15, -0.1) is 0 Å². The summed E-state index contributed by atoms with van der Waals surface area (Å²) in [6, 6.07) is 0.914. The molecule has 0 amide bonds. The van der Waals surface area contributed by atoms with Crippen LogP contribution in [0.3, 0.4) is 0 Å². The normalized spacial score (nSPS) is 14.6. The third-order valence-electron chi connectivity index (χ3n) is 2.69. The molecule has 1 aromatic rings. The molecule has 0 bridgehead atoms. The molecule has 0 fully saturated rings. The van der Waals surface area contributed by atoms with Gasteiger partial charge in [0.25, 0.3) is 0 Å². The number of pyridine rings is 1. The predicted octanol–water partition coefficient (Wildman–Crippen LogP) is 2.36. The number of aromatic nitrogens is 1. The molecule has 136 valence electrons. The lowest BCUT2D eigenvalue weighted by atomic mass is 10.1. The van der Waals surface area contributed by atoms with Crippen LogP contribution in [0.2, 0.25) is 0 Å². The fraction of sp³-hybridized carbons (Fsp3) is 0.154. The van der Waals surface area contributed by atoms with E-state index in [0.29, 0.717) is 18.5 Å². The van der Waals surface area contributed by atoms with Crippen molar-refractivity contribution in [3.05, 3.63) is 47.6 Å². The number of nitrogens with one attached hydrogen (secondary N) is 1. The largest absolute Gasteiger partial charge is 0.433 e. The second-order valence-electron chi connectivity index (χ2n) is 4.48. The van der Waals surface area contributed by atoms with Crippen LogP contribution in [0.1, 0.15) is 5.56 Å². The molecule has 12 heteroatoms. The monoisotopic (exact) mass is 366 g/mol. The SMILES string of the molecule is N=C(C(=CN)/C(N)=C/C(N)=Nc1ccncc1C(F)(F)F)C(F)(F)F. The van der Waals surface area contributed by atoms with E-state index in [0.717, 1.165) is 12.3 Å². The lowest BCUT2D eigenvalue weighted by Crippen LogP contribution is -2.28. The van der Waals surface area contributed by atoms with Gasteiger partial charge in [0.15, 0.2) is 0 Å². The van der Waals surface area contributed by atoms with Crippen LogP contribution in [-0.4, -0.2) is 22.7 Å². The van der Waals surface area contributed by atoms with Crippen LogP contribution in [0, 0.1) is 5.41 Å². The fourth-order valence-corrected chi connectivity index (χ4v) is 1.59. The van der Waals surface area contributed by atoms with Gasteiger partial charge < -0.3 is 17.2 Å². The summed E-state index contributed by atoms with van der Waals surface area (Å²) >= 11 is 0. The van der Waals surface area contributed by atoms with E-state index in [9.17, 15) is 26.3 Å². The highest BCUT2D eigenvalue weighted by Gasteiger charge is 2.37. The average Bonchev–Trinajstić information content (AvgIpc) is 2.46. The van der Waals surface area contributed by atoms with Gasteiger partial charge in [-0.05, 0) is 6.07 Å². The first-order valence-corrected chi connectivity index (χ1v) is 6.28. The highest BCUT2D eigenvalue weighted by atomic mass is 19.4. The summed E-state index contributed by atoms with van der Waals surface area (Å²) in [6.45, 7) is 0. The molecule has 7 N–H and O–H groups in total. The minimum atomic E-state index is -5.02. The molecule has 0 aliphatic rings. The van der Waals surface area contributed by atoms with E-state index in [1.54, 1.807) is 0 Å². The Morgan fingerprint density at radius 3 is 2.24 bits per heavy atom. The van der Waals surface area contributed by atoms with E-state index in [1.807, 2.05) is 0 Å². The number of hydrogen-bond acceptors (Lipinski definition) is 5. The minimum Gasteiger partial charge on any atom is -0.404 e. The molecule has 0 aliphatic carbocycles. The molecule has 0 aliphatic heterocycles. The molecule has 0 aromatic carbocycles. The molecule has 0 saturated carbocycles. The van der Waals surface area contributed by atoms with Crippen LogP contribution < -0.4 is 17.2 Å². The number of nitrogens with two attached hydrogens (primary N) is 3. The molecule has 0 atom stereocenters. The Kier molecular flexibility index (Phi) is 5.79. The van der Waals surface area contributed by atoms with Gasteiger partial charge >= 0.3 is 12.4 Å². The molecular weight excluding hydrogens is 354 g/mol. The highest BCUT2D eigenvalue weighted by molar-refractivity contribution is 6.07. The van der Waals surface area contributed by atoms with Crippen molar-refractivity contribution < 1.29 is 26.3 Å². The van der Waals surface area contributed by atoms with Crippen LogP contribution in [0.5, 0.6) is 0 Å². The zero-order chi connectivity index (χ0) is 19.4. The van der Waals surface area contributed by atoms with Crippen molar-refractivity contribution in [2.45, 2.75) is 12.4 Å². The van der Waals surface area contributed by atoms with Crippen molar-refractivity contribution in [2.75, 3.05) is 0 Å². The second-order valence-corrected chi connectivity index (χ2v) is 4.48. The Labute approximate surface area is 137 Å². The summed E-state index contributed by atoms with van der Waals surface area (Å²) in [5.74, 6) is -0.622. The highest BCUT2D eigenvalue weighted by Crippen LogP contribution is 2.35. The third kappa shape index (κ3) is 5.22. The maximum absolute atomic E-state index is 12.8. The van der Waals surface area contributed by atoms with Crippen molar-refractivity contribution in [1.82, 2.24) is 4.98 Å². The quantitative estimate of drug-likeness (QED) is 0.282. The summed E-state index contributed by atoms with van der Waals surface area (Å²) in [6.07, 6.45) is -7.14. The topological polar surface area (TPSA) is 127 Å². The van der Waals surface area contributed by atoms with E-state index in [-0.39, 0.29) is 0 Å². The van der Waals surface area contributed by atoms with Crippen LogP contribution in [0.15, 0.2) is 47.0 Å². The lowest BCUT2D eigenvalue weighted by molar-refractivity contribution is -0.137. The number of amidine groups is 1. The maximum Gasteiger partial charge on any atom is 0.433 e. The summed E-state index contributed by atoms with van der Waals surface area (Å²) in [4.78, 5) is 6.78. The van der Waals surface area contributed by atoms with E-state index >= 15 is 0 Å². The van der Waals surface area contributed by atoms with Gasteiger partial charge in [-0.3, -0.25) is 10.4 Å². The predicted molar refractivity (Wildman–Crippen MR) is 78.8 cm³/mol. The molecule has 1 heterocycles. The van der Waals surface area contributed by atoms with Gasteiger partial charge in [0, 0.05) is 35.9 Å². The van der Waals surface area contributed by atoms with Crippen LogP contribution in [-0.2, 0) is 6.18 Å². The maximum atomic E-state index is 12.8. The van der Waals surface area contributed by atoms with E-state index in [2.05, 4.69) is 9.98 Å². The molecule has 0 unspecified atom stereocenters. The van der Waals surface area contributed by atoms with Gasteiger partial charge in [-0.1, -0.05) is 0 Å². The first-order chi connectivity index (χ1) is 11.4. The van der Waals surface area contributed by atoms with Crippen molar-refractivity contribution in [3.63, 3.8) is 0 Å². The van der Waals surface area contributed by atoms with Crippen molar-refractivity contribution in [2.24, 2.45) is 22.2 Å². The molecule has 0 spiro atoms. The van der Waals surface area contributed by atoms with E-state index in [4.69, 9.17) is 22.6 Å². The van der Waals surface area contributed by atoms with Gasteiger partial charge in [0.2, 0.25) is 0 Å². The second kappa shape index (κ2) is 7.23. The van der Waals surface area contributed by atoms with Crippen molar-refractivity contribution in [3.8, 4) is 0 Å². The summed E-state index contributed by atoms with van der Waals surface area (Å²) in [5, 5.41) is 6.98. The Balaban J connectivity index is 3.25. The number of rotatable bonds is 4. The van der Waals surface area contributed by atoms with E-state index in [1.165, 1.54) is 0 Å². The molecule has 25 heavy (non-hydrogen) atoms. The smallest absolute Gasteiger partial charge is 0.404 e.